The topological polar surface area (TPSA) is 122 Å². The minimum atomic E-state index is -1.19. The van der Waals surface area contributed by atoms with Gasteiger partial charge in [0.2, 0.25) is 0 Å². The van der Waals surface area contributed by atoms with E-state index in [1.165, 1.54) is 12.1 Å². The summed E-state index contributed by atoms with van der Waals surface area (Å²) in [6.07, 6.45) is 4.55. The molecule has 1 aliphatic heterocycles. The quantitative estimate of drug-likeness (QED) is 0.129. The average Bonchev–Trinajstić information content (AvgIpc) is 3.05. The number of ether oxygens (including phenoxy) is 2. The Balaban J connectivity index is 1.66. The summed E-state index contributed by atoms with van der Waals surface area (Å²) in [7, 11) is 0. The number of carboxylic acid groups (broad SMARTS) is 2. The molecule has 8 nitrogen and oxygen atoms in total. The molecule has 3 aromatic carbocycles. The number of esters is 1. The Morgan fingerprint density at radius 3 is 2.11 bits per heavy atom. The van der Waals surface area contributed by atoms with Crippen molar-refractivity contribution >= 4 is 23.6 Å². The van der Waals surface area contributed by atoms with Crippen LogP contribution in [0.1, 0.15) is 84.8 Å². The smallest absolute Gasteiger partial charge is 0.336 e. The van der Waals surface area contributed by atoms with E-state index in [1.807, 2.05) is 60.7 Å². The number of aliphatic imine (C=N–C) groups is 1. The maximum absolute atomic E-state index is 14.0. The van der Waals surface area contributed by atoms with Crippen LogP contribution in [0.15, 0.2) is 101 Å². The predicted octanol–water partition coefficient (Wildman–Crippen LogP) is 7.26. The first-order valence-corrected chi connectivity index (χ1v) is 15.5. The molecule has 0 aliphatic carbocycles. The van der Waals surface area contributed by atoms with Crippen LogP contribution in [0.4, 0.5) is 0 Å². The molecule has 0 radical (unpaired) electrons. The molecule has 45 heavy (non-hydrogen) atoms. The van der Waals surface area contributed by atoms with E-state index in [1.54, 1.807) is 19.1 Å². The van der Waals surface area contributed by atoms with Crippen molar-refractivity contribution in [2.24, 2.45) is 10.9 Å². The van der Waals surface area contributed by atoms with Crippen molar-refractivity contribution in [1.29, 1.82) is 0 Å². The standard InChI is InChI=1S/C37H41NO7/c1-3-4-5-12-21-44-24-31-34(33(32(36(41)42)25(2)38-31)28-18-13-19-29(23-28)35(39)40)37(43)45-22-20-30(26-14-8-6-9-15-26)27-16-10-7-11-17-27/h6-11,13-19,23,30,32-33H,3-5,12,20-22,24H2,1-2H3,(H,39,40)(H,41,42). The molecule has 0 saturated carbocycles. The van der Waals surface area contributed by atoms with Crippen LogP contribution < -0.4 is 0 Å². The van der Waals surface area contributed by atoms with E-state index >= 15 is 0 Å². The Kier molecular flexibility index (Phi) is 12.2. The Bertz CT molecular complexity index is 1470. The molecule has 0 fully saturated rings. The monoisotopic (exact) mass is 611 g/mol. The number of unbranched alkanes of at least 4 members (excludes halogenated alkanes) is 3. The van der Waals surface area contributed by atoms with Gasteiger partial charge >= 0.3 is 17.9 Å². The molecular weight excluding hydrogens is 570 g/mol. The lowest BCUT2D eigenvalue weighted by Gasteiger charge is -2.31. The third kappa shape index (κ3) is 8.76. The number of carbonyl (C=O) groups excluding carboxylic acids is 1. The number of rotatable bonds is 16. The summed E-state index contributed by atoms with van der Waals surface area (Å²) in [5.74, 6) is -5.23. The lowest BCUT2D eigenvalue weighted by atomic mass is 9.75. The summed E-state index contributed by atoms with van der Waals surface area (Å²) in [4.78, 5) is 43.0. The third-order valence-corrected chi connectivity index (χ3v) is 8.12. The normalized spacial score (nSPS) is 16.4. The SMILES string of the molecule is CCCCCCOCC1=C(C(=O)OCCC(c2ccccc2)c2ccccc2)C(c2cccc(C(=O)O)c2)C(C(=O)O)C(C)=N1. The van der Waals surface area contributed by atoms with E-state index in [0.717, 1.165) is 36.8 Å². The lowest BCUT2D eigenvalue weighted by molar-refractivity contribution is -0.141. The van der Waals surface area contributed by atoms with Gasteiger partial charge in [-0.25, -0.2) is 9.59 Å². The van der Waals surface area contributed by atoms with Gasteiger partial charge in [-0.2, -0.15) is 0 Å². The van der Waals surface area contributed by atoms with Crippen LogP contribution in [0, 0.1) is 5.92 Å². The highest BCUT2D eigenvalue weighted by Crippen LogP contribution is 2.40. The highest BCUT2D eigenvalue weighted by Gasteiger charge is 2.42. The van der Waals surface area contributed by atoms with Gasteiger partial charge in [0.25, 0.3) is 0 Å². The van der Waals surface area contributed by atoms with Crippen LogP contribution in [0.25, 0.3) is 0 Å². The molecule has 0 aromatic heterocycles. The molecular formula is C37H41NO7. The van der Waals surface area contributed by atoms with E-state index < -0.39 is 29.7 Å². The summed E-state index contributed by atoms with van der Waals surface area (Å²) in [6.45, 7) is 4.29. The van der Waals surface area contributed by atoms with Crippen molar-refractivity contribution in [3.63, 3.8) is 0 Å². The third-order valence-electron chi connectivity index (χ3n) is 8.12. The summed E-state index contributed by atoms with van der Waals surface area (Å²) in [6, 6.07) is 26.0. The second kappa shape index (κ2) is 16.5. The number of aromatic carboxylic acids is 1. The van der Waals surface area contributed by atoms with Gasteiger partial charge in [0.05, 0.1) is 30.0 Å². The first-order chi connectivity index (χ1) is 21.8. The fraction of sp³-hybridized carbons (Fsp3) is 0.351. The number of hydrogen-bond acceptors (Lipinski definition) is 6. The second-order valence-electron chi connectivity index (χ2n) is 11.2. The fourth-order valence-corrected chi connectivity index (χ4v) is 5.87. The number of carboxylic acids is 2. The Morgan fingerprint density at radius 2 is 1.51 bits per heavy atom. The van der Waals surface area contributed by atoms with E-state index in [-0.39, 0.29) is 30.3 Å². The first-order valence-electron chi connectivity index (χ1n) is 15.5. The number of carbonyl (C=O) groups is 3. The summed E-state index contributed by atoms with van der Waals surface area (Å²) < 4.78 is 11.8. The molecule has 0 saturated heterocycles. The summed E-state index contributed by atoms with van der Waals surface area (Å²) >= 11 is 0. The van der Waals surface area contributed by atoms with Gasteiger partial charge in [0.1, 0.15) is 5.92 Å². The van der Waals surface area contributed by atoms with Crippen molar-refractivity contribution in [3.05, 3.63) is 118 Å². The Morgan fingerprint density at radius 1 is 0.844 bits per heavy atom. The van der Waals surface area contributed by atoms with Crippen LogP contribution in [0.5, 0.6) is 0 Å². The fourth-order valence-electron chi connectivity index (χ4n) is 5.87. The van der Waals surface area contributed by atoms with Gasteiger partial charge in [-0.3, -0.25) is 9.79 Å². The maximum atomic E-state index is 14.0. The minimum Gasteiger partial charge on any atom is -0.481 e. The van der Waals surface area contributed by atoms with E-state index in [4.69, 9.17) is 9.47 Å². The van der Waals surface area contributed by atoms with Crippen LogP contribution in [-0.4, -0.2) is 53.7 Å². The molecule has 2 atom stereocenters. The van der Waals surface area contributed by atoms with Gasteiger partial charge in [-0.05, 0) is 48.6 Å². The minimum absolute atomic E-state index is 0.00597. The summed E-state index contributed by atoms with van der Waals surface area (Å²) in [5, 5.41) is 20.0. The average molecular weight is 612 g/mol. The maximum Gasteiger partial charge on any atom is 0.336 e. The molecule has 3 aromatic rings. The Labute approximate surface area is 264 Å². The molecule has 236 valence electrons. The number of nitrogens with zero attached hydrogens (tertiary/aromatic N) is 1. The largest absolute Gasteiger partial charge is 0.481 e. The van der Waals surface area contributed by atoms with Crippen molar-refractivity contribution in [1.82, 2.24) is 0 Å². The zero-order valence-corrected chi connectivity index (χ0v) is 25.9. The van der Waals surface area contributed by atoms with Crippen molar-refractivity contribution in [2.75, 3.05) is 19.8 Å². The van der Waals surface area contributed by atoms with Crippen LogP contribution >= 0.6 is 0 Å². The van der Waals surface area contributed by atoms with Gasteiger partial charge in [-0.15, -0.1) is 0 Å². The zero-order chi connectivity index (χ0) is 32.2. The molecule has 0 bridgehead atoms. The van der Waals surface area contributed by atoms with Gasteiger partial charge in [0.15, 0.2) is 0 Å². The Hall–Kier alpha value is -4.56. The van der Waals surface area contributed by atoms with Crippen molar-refractivity contribution in [2.45, 2.75) is 57.8 Å². The molecule has 8 heteroatoms. The highest BCUT2D eigenvalue weighted by atomic mass is 16.5. The number of hydrogen-bond donors (Lipinski definition) is 2. The lowest BCUT2D eigenvalue weighted by Crippen LogP contribution is -2.36. The van der Waals surface area contributed by atoms with E-state index in [2.05, 4.69) is 11.9 Å². The van der Waals surface area contributed by atoms with Gasteiger partial charge in [-0.1, -0.05) is 99.0 Å². The number of benzene rings is 3. The van der Waals surface area contributed by atoms with E-state index in [9.17, 15) is 24.6 Å². The van der Waals surface area contributed by atoms with Crippen LogP contribution in [0.3, 0.4) is 0 Å². The van der Waals surface area contributed by atoms with Crippen LogP contribution in [0.2, 0.25) is 0 Å². The van der Waals surface area contributed by atoms with Crippen molar-refractivity contribution < 1.29 is 34.1 Å². The zero-order valence-electron chi connectivity index (χ0n) is 25.9. The first kappa shape index (κ1) is 33.3. The molecule has 4 rings (SSSR count). The number of aliphatic carboxylic acids is 1. The predicted molar refractivity (Wildman–Crippen MR) is 173 cm³/mol. The van der Waals surface area contributed by atoms with E-state index in [0.29, 0.717) is 30.0 Å². The molecule has 0 amide bonds. The summed E-state index contributed by atoms with van der Waals surface area (Å²) in [5.41, 5.74) is 3.25. The van der Waals surface area contributed by atoms with Gasteiger partial charge in [0, 0.05) is 24.2 Å². The molecule has 1 aliphatic rings. The molecule has 2 N–H and O–H groups in total. The molecule has 0 spiro atoms. The van der Waals surface area contributed by atoms with Crippen molar-refractivity contribution in [3.8, 4) is 0 Å². The second-order valence-corrected chi connectivity index (χ2v) is 11.2. The molecule has 1 heterocycles. The molecule has 2 unspecified atom stereocenters. The van der Waals surface area contributed by atoms with Gasteiger partial charge < -0.3 is 19.7 Å². The van der Waals surface area contributed by atoms with Crippen LogP contribution in [-0.2, 0) is 19.1 Å². The highest BCUT2D eigenvalue weighted by molar-refractivity contribution is 6.06.